The third kappa shape index (κ3) is 1.95. The molecule has 0 aromatic carbocycles. The maximum Gasteiger partial charge on any atom is 0.174 e. The van der Waals surface area contributed by atoms with Gasteiger partial charge >= 0.3 is 0 Å². The maximum absolute atomic E-state index is 11.7. The first-order valence-corrected chi connectivity index (χ1v) is 10.9. The van der Waals surface area contributed by atoms with Crippen molar-refractivity contribution in [2.45, 2.75) is 89.6 Å². The molecule has 2 N–H and O–H groups in total. The Kier molecular flexibility index (Phi) is 3.76. The Morgan fingerprint density at radius 3 is 2.23 bits per heavy atom. The van der Waals surface area contributed by atoms with Gasteiger partial charge < -0.3 is 19.7 Å². The minimum Gasteiger partial charge on any atom is -0.393 e. The molecule has 4 saturated carbocycles. The van der Waals surface area contributed by atoms with E-state index in [2.05, 4.69) is 20.8 Å². The van der Waals surface area contributed by atoms with Crippen LogP contribution in [0.4, 0.5) is 0 Å². The van der Waals surface area contributed by atoms with E-state index in [1.807, 2.05) is 0 Å². The number of hydrogen-bond acceptors (Lipinski definition) is 4. The number of hydrogen-bond donors (Lipinski definition) is 2. The zero-order chi connectivity index (χ0) is 18.4. The molecule has 4 nitrogen and oxygen atoms in total. The van der Waals surface area contributed by atoms with Crippen molar-refractivity contribution in [2.75, 3.05) is 13.2 Å². The molecule has 2 unspecified atom stereocenters. The molecular weight excluding hydrogens is 328 g/mol. The van der Waals surface area contributed by atoms with Crippen LogP contribution in [-0.4, -0.2) is 40.9 Å². The summed E-state index contributed by atoms with van der Waals surface area (Å²) in [5.41, 5.74) is -0.663. The normalized spacial score (nSPS) is 58.3. The summed E-state index contributed by atoms with van der Waals surface area (Å²) in [6.45, 7) is 8.46. The number of ether oxygens (including phenoxy) is 2. The monoisotopic (exact) mass is 364 g/mol. The Labute approximate surface area is 157 Å². The van der Waals surface area contributed by atoms with Crippen LogP contribution in [0.25, 0.3) is 0 Å². The quantitative estimate of drug-likeness (QED) is 0.691. The summed E-state index contributed by atoms with van der Waals surface area (Å²) in [7, 11) is 0. The van der Waals surface area contributed by atoms with Crippen LogP contribution in [-0.2, 0) is 9.47 Å². The van der Waals surface area contributed by atoms with Crippen LogP contribution in [0.3, 0.4) is 0 Å². The molecule has 0 bridgehead atoms. The van der Waals surface area contributed by atoms with Crippen molar-refractivity contribution in [2.24, 2.45) is 34.5 Å². The highest BCUT2D eigenvalue weighted by molar-refractivity contribution is 5.17. The third-order valence-corrected chi connectivity index (χ3v) is 10.0. The molecule has 1 saturated heterocycles. The van der Waals surface area contributed by atoms with E-state index in [1.54, 1.807) is 0 Å². The van der Waals surface area contributed by atoms with Gasteiger partial charge in [-0.3, -0.25) is 0 Å². The van der Waals surface area contributed by atoms with Gasteiger partial charge in [-0.25, -0.2) is 0 Å². The number of aliphatic hydroxyl groups excluding tert-OH is 1. The van der Waals surface area contributed by atoms with Gasteiger partial charge in [-0.15, -0.1) is 0 Å². The standard InChI is InChI=1S/C22H36O4/c1-14-12-16-17(19(2)7-4-15(23)13-21(14,19)24)5-8-20(3)18(16)6-9-22(20)25-10-11-26-22/h14-18,23-24H,4-13H2,1-3H3/t14?,15-,16+,17-,18-,19+,20-,21?/m0/s1. The summed E-state index contributed by atoms with van der Waals surface area (Å²) in [6, 6.07) is 0. The molecular formula is C22H36O4. The molecule has 0 aromatic heterocycles. The molecule has 0 amide bonds. The smallest absolute Gasteiger partial charge is 0.174 e. The van der Waals surface area contributed by atoms with Crippen molar-refractivity contribution in [1.29, 1.82) is 0 Å². The molecule has 0 radical (unpaired) electrons. The second kappa shape index (κ2) is 5.46. The van der Waals surface area contributed by atoms with E-state index >= 15 is 0 Å². The van der Waals surface area contributed by atoms with E-state index < -0.39 is 5.60 Å². The van der Waals surface area contributed by atoms with Gasteiger partial charge in [0.05, 0.1) is 24.9 Å². The van der Waals surface area contributed by atoms with Crippen LogP contribution in [0.2, 0.25) is 0 Å². The zero-order valence-electron chi connectivity index (χ0n) is 16.7. The molecule has 5 fully saturated rings. The Morgan fingerprint density at radius 1 is 0.885 bits per heavy atom. The lowest BCUT2D eigenvalue weighted by molar-refractivity contribution is -0.273. The fourth-order valence-electron chi connectivity index (χ4n) is 8.54. The molecule has 8 atom stereocenters. The summed E-state index contributed by atoms with van der Waals surface area (Å²) in [5, 5.41) is 22.0. The summed E-state index contributed by atoms with van der Waals surface area (Å²) in [4.78, 5) is 0. The predicted octanol–water partition coefficient (Wildman–Crippen LogP) is 3.49. The van der Waals surface area contributed by atoms with Gasteiger partial charge in [0.25, 0.3) is 0 Å². The first-order valence-electron chi connectivity index (χ1n) is 10.9. The van der Waals surface area contributed by atoms with Crippen LogP contribution in [0.1, 0.15) is 72.1 Å². The van der Waals surface area contributed by atoms with E-state index in [9.17, 15) is 10.2 Å². The molecule has 5 aliphatic rings. The van der Waals surface area contributed by atoms with Crippen LogP contribution in [0.5, 0.6) is 0 Å². The van der Waals surface area contributed by atoms with E-state index in [0.717, 1.165) is 51.7 Å². The van der Waals surface area contributed by atoms with Gasteiger partial charge in [-0.2, -0.15) is 0 Å². The minimum absolute atomic E-state index is 0.0664. The van der Waals surface area contributed by atoms with Crippen LogP contribution < -0.4 is 0 Å². The highest BCUT2D eigenvalue weighted by Crippen LogP contribution is 2.71. The summed E-state index contributed by atoms with van der Waals surface area (Å²) in [6.07, 6.45) is 7.63. The SMILES string of the molecule is CC1C[C@H]2[C@@H]3CCC4(OCCO4)[C@@]3(C)CC[C@@H]2[C@@]2(C)CC[C@H](O)CC12O. The van der Waals surface area contributed by atoms with Gasteiger partial charge in [0.15, 0.2) is 5.79 Å². The number of rotatable bonds is 0. The molecule has 1 aliphatic heterocycles. The predicted molar refractivity (Wildman–Crippen MR) is 98.4 cm³/mol. The fraction of sp³-hybridized carbons (Fsp3) is 1.00. The topological polar surface area (TPSA) is 58.9 Å². The molecule has 5 rings (SSSR count). The first kappa shape index (κ1) is 17.9. The van der Waals surface area contributed by atoms with E-state index in [1.165, 1.54) is 6.42 Å². The summed E-state index contributed by atoms with van der Waals surface area (Å²) in [5.74, 6) is 1.74. The molecule has 26 heavy (non-hydrogen) atoms. The Balaban J connectivity index is 1.51. The lowest BCUT2D eigenvalue weighted by Crippen LogP contribution is -2.66. The zero-order valence-corrected chi connectivity index (χ0v) is 16.7. The minimum atomic E-state index is -0.712. The van der Waals surface area contributed by atoms with Crippen molar-refractivity contribution < 1.29 is 19.7 Å². The van der Waals surface area contributed by atoms with Gasteiger partial charge in [0, 0.05) is 18.3 Å². The van der Waals surface area contributed by atoms with Crippen LogP contribution in [0, 0.1) is 34.5 Å². The average molecular weight is 365 g/mol. The molecule has 0 aromatic rings. The molecule has 4 aliphatic carbocycles. The molecule has 1 heterocycles. The number of fused-ring (bicyclic) bond motifs is 6. The van der Waals surface area contributed by atoms with E-state index in [-0.39, 0.29) is 28.6 Å². The van der Waals surface area contributed by atoms with Crippen molar-refractivity contribution in [3.05, 3.63) is 0 Å². The molecule has 1 spiro atoms. The summed E-state index contributed by atoms with van der Waals surface area (Å²) >= 11 is 0. The van der Waals surface area contributed by atoms with E-state index in [0.29, 0.717) is 24.2 Å². The molecule has 148 valence electrons. The molecule has 4 heteroatoms. The average Bonchev–Trinajstić information content (AvgIpc) is 3.18. The number of aliphatic hydroxyl groups is 2. The highest BCUT2D eigenvalue weighted by Gasteiger charge is 2.70. The van der Waals surface area contributed by atoms with Gasteiger partial charge in [0.1, 0.15) is 0 Å². The maximum atomic E-state index is 11.7. The third-order valence-electron chi connectivity index (χ3n) is 10.0. The van der Waals surface area contributed by atoms with Crippen molar-refractivity contribution in [3.63, 3.8) is 0 Å². The second-order valence-corrected chi connectivity index (χ2v) is 10.7. The van der Waals surface area contributed by atoms with E-state index in [4.69, 9.17) is 9.47 Å². The second-order valence-electron chi connectivity index (χ2n) is 10.7. The van der Waals surface area contributed by atoms with Crippen LogP contribution >= 0.6 is 0 Å². The lowest BCUT2D eigenvalue weighted by Gasteiger charge is -2.66. The van der Waals surface area contributed by atoms with Crippen molar-refractivity contribution in [1.82, 2.24) is 0 Å². The largest absolute Gasteiger partial charge is 0.393 e. The van der Waals surface area contributed by atoms with Crippen molar-refractivity contribution >= 4 is 0 Å². The first-order chi connectivity index (χ1) is 12.3. The summed E-state index contributed by atoms with van der Waals surface area (Å²) < 4.78 is 12.5. The highest BCUT2D eigenvalue weighted by atomic mass is 16.7. The van der Waals surface area contributed by atoms with Crippen molar-refractivity contribution in [3.8, 4) is 0 Å². The lowest BCUT2D eigenvalue weighted by atomic mass is 9.41. The van der Waals surface area contributed by atoms with Crippen LogP contribution in [0.15, 0.2) is 0 Å². The van der Waals surface area contributed by atoms with Gasteiger partial charge in [0.2, 0.25) is 0 Å². The fourth-order valence-corrected chi connectivity index (χ4v) is 8.54. The Morgan fingerprint density at radius 2 is 1.50 bits per heavy atom. The Hall–Kier alpha value is -0.160. The van der Waals surface area contributed by atoms with Gasteiger partial charge in [-0.05, 0) is 67.6 Å². The van der Waals surface area contributed by atoms with Gasteiger partial charge in [-0.1, -0.05) is 20.8 Å². The Bertz CT molecular complexity index is 587.